The van der Waals surface area contributed by atoms with Gasteiger partial charge in [-0.3, -0.25) is 0 Å². The molecule has 2 aromatic rings. The van der Waals surface area contributed by atoms with Gasteiger partial charge < -0.3 is 9.57 Å². The lowest BCUT2D eigenvalue weighted by Crippen LogP contribution is -2.32. The van der Waals surface area contributed by atoms with Crippen molar-refractivity contribution in [1.29, 1.82) is 0 Å². The number of nitrogens with zero attached hydrogens (tertiary/aromatic N) is 5. The highest BCUT2D eigenvalue weighted by Crippen LogP contribution is 2.23. The van der Waals surface area contributed by atoms with Crippen molar-refractivity contribution in [3.05, 3.63) is 36.2 Å². The number of sulfonamides is 1. The fourth-order valence-electron chi connectivity index (χ4n) is 2.03. The first-order valence-electron chi connectivity index (χ1n) is 8.07. The summed E-state index contributed by atoms with van der Waals surface area (Å²) in [7, 11) is -4.91. The molecule has 0 radical (unpaired) electrons. The summed E-state index contributed by atoms with van der Waals surface area (Å²) in [6.45, 7) is -0.541. The molecular formula is C14H17F3N6O6S2. The zero-order chi connectivity index (χ0) is 23.4. The number of halogens is 3. The molecule has 1 heterocycles. The lowest BCUT2D eigenvalue weighted by atomic mass is 10.1. The average Bonchev–Trinajstić information content (AvgIpc) is 3.16. The van der Waals surface area contributed by atoms with Crippen LogP contribution in [0.4, 0.5) is 13.2 Å². The van der Waals surface area contributed by atoms with Crippen LogP contribution in [0.1, 0.15) is 5.56 Å². The van der Waals surface area contributed by atoms with Gasteiger partial charge in [0.05, 0.1) is 6.54 Å². The van der Waals surface area contributed by atoms with Crippen LogP contribution in [0.3, 0.4) is 0 Å². The molecule has 1 aromatic heterocycles. The van der Waals surface area contributed by atoms with Gasteiger partial charge in [-0.1, -0.05) is 17.3 Å². The van der Waals surface area contributed by atoms with Crippen LogP contribution in [0.25, 0.3) is 0 Å². The van der Waals surface area contributed by atoms with Gasteiger partial charge in [-0.25, -0.2) is 18.1 Å². The number of rotatable bonds is 9. The van der Waals surface area contributed by atoms with E-state index in [1.807, 2.05) is 0 Å². The highest BCUT2D eigenvalue weighted by atomic mass is 32.2. The van der Waals surface area contributed by atoms with Gasteiger partial charge in [0.15, 0.2) is 0 Å². The maximum absolute atomic E-state index is 12.4. The molecule has 0 bridgehead atoms. The van der Waals surface area contributed by atoms with Crippen molar-refractivity contribution in [3.8, 4) is 5.75 Å². The third kappa shape index (κ3) is 6.36. The first-order valence-corrected chi connectivity index (χ1v) is 10.9. The van der Waals surface area contributed by atoms with Crippen molar-refractivity contribution >= 4 is 25.9 Å². The standard InChI is InChI=1S/C14H17F3N6O6S2/c1-22(2)31(26,27)23-9-18-13(20-23)30(24,25)19-8-12(21-28-3)10-5-4-6-11(7-10)29-14(15,16)17/h4-7,9,19H,8H2,1-3H3/b21-12+. The van der Waals surface area contributed by atoms with Crippen molar-refractivity contribution in [1.82, 2.24) is 23.2 Å². The number of aromatic nitrogens is 3. The Morgan fingerprint density at radius 2 is 1.94 bits per heavy atom. The van der Waals surface area contributed by atoms with E-state index in [9.17, 15) is 30.0 Å². The average molecular weight is 486 g/mol. The lowest BCUT2D eigenvalue weighted by molar-refractivity contribution is -0.274. The van der Waals surface area contributed by atoms with Crippen LogP contribution >= 0.6 is 0 Å². The Kier molecular flexibility index (Phi) is 7.25. The highest BCUT2D eigenvalue weighted by Gasteiger charge is 2.31. The summed E-state index contributed by atoms with van der Waals surface area (Å²) in [4.78, 5) is 8.08. The van der Waals surface area contributed by atoms with E-state index in [0.29, 0.717) is 10.4 Å². The topological polar surface area (TPSA) is 145 Å². The van der Waals surface area contributed by atoms with Gasteiger partial charge in [-0.15, -0.1) is 22.4 Å². The van der Waals surface area contributed by atoms with E-state index in [1.165, 1.54) is 26.2 Å². The molecule has 0 aliphatic rings. The Morgan fingerprint density at radius 3 is 2.52 bits per heavy atom. The number of benzene rings is 1. The molecule has 12 nitrogen and oxygen atoms in total. The summed E-state index contributed by atoms with van der Waals surface area (Å²) in [5.74, 6) is -0.550. The zero-order valence-electron chi connectivity index (χ0n) is 16.2. The van der Waals surface area contributed by atoms with E-state index in [4.69, 9.17) is 0 Å². The van der Waals surface area contributed by atoms with Crippen molar-refractivity contribution in [2.75, 3.05) is 27.7 Å². The maximum atomic E-state index is 12.4. The van der Waals surface area contributed by atoms with Gasteiger partial charge in [-0.05, 0) is 12.1 Å². The monoisotopic (exact) mass is 486 g/mol. The summed E-state index contributed by atoms with van der Waals surface area (Å²) >= 11 is 0. The van der Waals surface area contributed by atoms with Gasteiger partial charge in [0, 0.05) is 19.7 Å². The molecule has 0 aliphatic carbocycles. The third-order valence-electron chi connectivity index (χ3n) is 3.42. The number of hydrogen-bond donors (Lipinski definition) is 1. The minimum absolute atomic E-state index is 0.0694. The van der Waals surface area contributed by atoms with Crippen molar-refractivity contribution in [2.45, 2.75) is 11.5 Å². The number of oxime groups is 1. The molecule has 1 aromatic carbocycles. The van der Waals surface area contributed by atoms with Crippen LogP contribution in [0, 0.1) is 0 Å². The fourth-order valence-corrected chi connectivity index (χ4v) is 3.60. The molecule has 0 saturated carbocycles. The Labute approximate surface area is 175 Å². The SMILES string of the molecule is CO/N=C(\CNS(=O)(=O)c1ncn(S(=O)(=O)N(C)C)n1)c1cccc(OC(F)(F)F)c1. The molecule has 0 unspecified atom stereocenters. The van der Waals surface area contributed by atoms with E-state index in [0.717, 1.165) is 23.5 Å². The molecule has 17 heteroatoms. The van der Waals surface area contributed by atoms with E-state index < -0.39 is 44.0 Å². The van der Waals surface area contributed by atoms with Crippen molar-refractivity contribution in [3.63, 3.8) is 0 Å². The summed E-state index contributed by atoms with van der Waals surface area (Å²) in [6, 6.07) is 4.63. The Hall–Kier alpha value is -2.76. The van der Waals surface area contributed by atoms with E-state index >= 15 is 0 Å². The van der Waals surface area contributed by atoms with Gasteiger partial charge in [-0.2, -0.15) is 12.7 Å². The van der Waals surface area contributed by atoms with Gasteiger partial charge >= 0.3 is 16.6 Å². The fraction of sp³-hybridized carbons (Fsp3) is 0.357. The largest absolute Gasteiger partial charge is 0.573 e. The predicted molar refractivity (Wildman–Crippen MR) is 99.9 cm³/mol. The molecule has 0 spiro atoms. The minimum atomic E-state index is -4.92. The Balaban J connectivity index is 2.24. The van der Waals surface area contributed by atoms with Crippen LogP contribution in [0.2, 0.25) is 0 Å². The molecule has 172 valence electrons. The predicted octanol–water partition coefficient (Wildman–Crippen LogP) is 0.160. The van der Waals surface area contributed by atoms with E-state index in [1.54, 1.807) is 0 Å². The number of ether oxygens (including phenoxy) is 1. The number of nitrogens with one attached hydrogen (secondary N) is 1. The Morgan fingerprint density at radius 1 is 1.26 bits per heavy atom. The Bertz CT molecular complexity index is 1160. The van der Waals surface area contributed by atoms with Crippen LogP contribution < -0.4 is 9.46 Å². The maximum Gasteiger partial charge on any atom is 0.573 e. The molecule has 0 saturated heterocycles. The van der Waals surface area contributed by atoms with Gasteiger partial charge in [0.1, 0.15) is 24.9 Å². The summed E-state index contributed by atoms with van der Waals surface area (Å²) in [5, 5.41) is 6.19. The number of alkyl halides is 3. The summed E-state index contributed by atoms with van der Waals surface area (Å²) in [6.07, 6.45) is -4.22. The molecule has 2 rings (SSSR count). The number of hydrogen-bond acceptors (Lipinski definition) is 9. The second-order valence-electron chi connectivity index (χ2n) is 5.81. The molecule has 0 fully saturated rings. The van der Waals surface area contributed by atoms with E-state index in [2.05, 4.69) is 29.5 Å². The molecule has 31 heavy (non-hydrogen) atoms. The van der Waals surface area contributed by atoms with E-state index in [-0.39, 0.29) is 11.3 Å². The second kappa shape index (κ2) is 9.16. The molecule has 0 aliphatic heterocycles. The zero-order valence-corrected chi connectivity index (χ0v) is 17.9. The molecule has 1 N–H and O–H groups in total. The van der Waals surface area contributed by atoms with Crippen LogP contribution in [0.5, 0.6) is 5.75 Å². The second-order valence-corrected chi connectivity index (χ2v) is 9.47. The normalized spacial score (nSPS) is 13.5. The molecule has 0 amide bonds. The van der Waals surface area contributed by atoms with Gasteiger partial charge in [0.25, 0.3) is 15.2 Å². The quantitative estimate of drug-likeness (QED) is 0.390. The third-order valence-corrected chi connectivity index (χ3v) is 6.18. The summed E-state index contributed by atoms with van der Waals surface area (Å²) < 4.78 is 93.1. The first-order chi connectivity index (χ1) is 14.3. The van der Waals surface area contributed by atoms with Crippen LogP contribution in [0.15, 0.2) is 40.9 Å². The van der Waals surface area contributed by atoms with Gasteiger partial charge in [0.2, 0.25) is 0 Å². The lowest BCUT2D eigenvalue weighted by Gasteiger charge is -2.11. The summed E-state index contributed by atoms with van der Waals surface area (Å²) in [5.41, 5.74) is -0.0287. The molecule has 0 atom stereocenters. The minimum Gasteiger partial charge on any atom is -0.406 e. The molecular weight excluding hydrogens is 469 g/mol. The smallest absolute Gasteiger partial charge is 0.406 e. The van der Waals surface area contributed by atoms with Crippen molar-refractivity contribution in [2.24, 2.45) is 5.16 Å². The van der Waals surface area contributed by atoms with Crippen molar-refractivity contribution < 1.29 is 39.6 Å². The highest BCUT2D eigenvalue weighted by molar-refractivity contribution is 7.89. The first kappa shape index (κ1) is 24.5. The van der Waals surface area contributed by atoms with Crippen LogP contribution in [-0.4, -0.2) is 75.1 Å². The van der Waals surface area contributed by atoms with Crippen LogP contribution in [-0.2, 0) is 25.1 Å².